The number of nitrogens with zero attached hydrogens (tertiary/aromatic N) is 2. The molecule has 0 aliphatic rings. The van der Waals surface area contributed by atoms with Gasteiger partial charge in [-0.05, 0) is 6.92 Å². The van der Waals surface area contributed by atoms with Crippen LogP contribution in [-0.2, 0) is 0 Å². The third-order valence-electron chi connectivity index (χ3n) is 0.867. The maximum absolute atomic E-state index is 10.3. The molecule has 0 fully saturated rings. The van der Waals surface area contributed by atoms with Crippen LogP contribution in [0.15, 0.2) is 17.4 Å². The van der Waals surface area contributed by atoms with Crippen LogP contribution in [0.2, 0.25) is 0 Å². The van der Waals surface area contributed by atoms with Crippen LogP contribution in [0.3, 0.4) is 0 Å². The second kappa shape index (κ2) is 4.49. The van der Waals surface area contributed by atoms with E-state index in [1.54, 1.807) is 19.1 Å². The first-order valence-electron chi connectivity index (χ1n) is 2.73. The summed E-state index contributed by atoms with van der Waals surface area (Å²) in [4.78, 5) is 20.1. The van der Waals surface area contributed by atoms with Crippen LogP contribution in [-0.4, -0.2) is 17.6 Å². The molecule has 0 heterocycles. The fourth-order valence-corrected chi connectivity index (χ4v) is 0.369. The summed E-state index contributed by atoms with van der Waals surface area (Å²) >= 11 is 0. The van der Waals surface area contributed by atoms with Crippen molar-refractivity contribution in [2.24, 2.45) is 11.0 Å². The number of nitrogens with two attached hydrogens (primary N) is 1. The Morgan fingerprint density at radius 1 is 1.80 bits per heavy atom. The van der Waals surface area contributed by atoms with Crippen LogP contribution in [0.25, 0.3) is 0 Å². The molecule has 0 atom stereocenters. The number of amides is 2. The van der Waals surface area contributed by atoms with E-state index >= 15 is 0 Å². The first kappa shape index (κ1) is 8.61. The van der Waals surface area contributed by atoms with Crippen molar-refractivity contribution < 1.29 is 4.79 Å². The summed E-state index contributed by atoms with van der Waals surface area (Å²) in [6, 6.07) is -0.840. The number of nitroso groups, excluding NO2 is 1. The minimum absolute atomic E-state index is 0.134. The standard InChI is InChI=1S/C5H9N3O2/c1-2-3-4-8(7-10)5(6)9/h2-3H,4H2,1H3,(H2,6,9)/b3-2+. The molecule has 0 radical (unpaired) electrons. The molecule has 0 saturated carbocycles. The monoisotopic (exact) mass is 143 g/mol. The molecule has 0 rings (SSSR count). The fraction of sp³-hybridized carbons (Fsp3) is 0.400. The second-order valence-electron chi connectivity index (χ2n) is 1.57. The van der Waals surface area contributed by atoms with E-state index in [9.17, 15) is 9.70 Å². The van der Waals surface area contributed by atoms with Crippen LogP contribution in [0.5, 0.6) is 0 Å². The molecule has 0 bridgehead atoms. The number of carbonyl (C=O) groups is 1. The van der Waals surface area contributed by atoms with Crippen molar-refractivity contribution in [1.29, 1.82) is 0 Å². The molecule has 56 valence electrons. The number of rotatable bonds is 3. The van der Waals surface area contributed by atoms with Crippen molar-refractivity contribution in [3.05, 3.63) is 17.1 Å². The van der Waals surface area contributed by atoms with Crippen molar-refractivity contribution in [3.8, 4) is 0 Å². The van der Waals surface area contributed by atoms with Gasteiger partial charge in [-0.1, -0.05) is 12.2 Å². The summed E-state index contributed by atoms with van der Waals surface area (Å²) in [5.74, 6) is 0. The highest BCUT2D eigenvalue weighted by Gasteiger charge is 2.04. The van der Waals surface area contributed by atoms with E-state index in [-0.39, 0.29) is 6.54 Å². The third-order valence-corrected chi connectivity index (χ3v) is 0.867. The Balaban J connectivity index is 3.83. The van der Waals surface area contributed by atoms with Crippen LogP contribution in [0.1, 0.15) is 6.92 Å². The van der Waals surface area contributed by atoms with Crippen LogP contribution >= 0.6 is 0 Å². The number of primary amides is 1. The molecular formula is C5H9N3O2. The Morgan fingerprint density at radius 2 is 2.40 bits per heavy atom. The molecule has 5 nitrogen and oxygen atoms in total. The largest absolute Gasteiger partial charge is 0.350 e. The molecular weight excluding hydrogens is 134 g/mol. The molecule has 2 amide bonds. The lowest BCUT2D eigenvalue weighted by atomic mass is 10.5. The summed E-state index contributed by atoms with van der Waals surface area (Å²) in [6.45, 7) is 1.90. The van der Waals surface area contributed by atoms with Crippen molar-refractivity contribution in [3.63, 3.8) is 0 Å². The van der Waals surface area contributed by atoms with Crippen LogP contribution < -0.4 is 5.73 Å². The van der Waals surface area contributed by atoms with Crippen LogP contribution in [0, 0.1) is 4.91 Å². The smallest absolute Gasteiger partial charge is 0.338 e. The van der Waals surface area contributed by atoms with Gasteiger partial charge in [-0.25, -0.2) is 4.79 Å². The summed E-state index contributed by atoms with van der Waals surface area (Å²) in [5.41, 5.74) is 4.75. The minimum Gasteiger partial charge on any atom is -0.350 e. The first-order valence-corrected chi connectivity index (χ1v) is 2.73. The normalized spacial score (nSPS) is 9.70. The highest BCUT2D eigenvalue weighted by molar-refractivity contribution is 5.71. The van der Waals surface area contributed by atoms with E-state index in [1.165, 1.54) is 0 Å². The fourth-order valence-electron chi connectivity index (χ4n) is 0.369. The Hall–Kier alpha value is -1.39. The predicted octanol–water partition coefficient (Wildman–Crippen LogP) is 0.625. The van der Waals surface area contributed by atoms with Gasteiger partial charge in [-0.2, -0.15) is 5.01 Å². The van der Waals surface area contributed by atoms with Gasteiger partial charge in [-0.15, -0.1) is 4.91 Å². The lowest BCUT2D eigenvalue weighted by molar-refractivity contribution is 0.214. The lowest BCUT2D eigenvalue weighted by Crippen LogP contribution is -2.30. The highest BCUT2D eigenvalue weighted by atomic mass is 16.3. The van der Waals surface area contributed by atoms with E-state index < -0.39 is 6.03 Å². The SMILES string of the molecule is C/C=C/CN(N=O)C(N)=O. The molecule has 0 saturated heterocycles. The Labute approximate surface area is 58.4 Å². The molecule has 0 unspecified atom stereocenters. The van der Waals surface area contributed by atoms with Crippen molar-refractivity contribution in [1.82, 2.24) is 5.01 Å². The van der Waals surface area contributed by atoms with E-state index in [0.29, 0.717) is 5.01 Å². The van der Waals surface area contributed by atoms with Gasteiger partial charge in [-0.3, -0.25) is 0 Å². The van der Waals surface area contributed by atoms with Crippen molar-refractivity contribution in [2.45, 2.75) is 6.92 Å². The summed E-state index contributed by atoms with van der Waals surface area (Å²) in [6.07, 6.45) is 3.30. The van der Waals surface area contributed by atoms with Gasteiger partial charge in [0.05, 0.1) is 11.8 Å². The molecule has 0 aromatic rings. The predicted molar refractivity (Wildman–Crippen MR) is 36.9 cm³/mol. The Morgan fingerprint density at radius 3 is 2.70 bits per heavy atom. The zero-order valence-electron chi connectivity index (χ0n) is 5.65. The number of allylic oxidation sites excluding steroid dienone is 1. The van der Waals surface area contributed by atoms with Gasteiger partial charge in [0.1, 0.15) is 0 Å². The quantitative estimate of drug-likeness (QED) is 0.357. The molecule has 0 aromatic carbocycles. The summed E-state index contributed by atoms with van der Waals surface area (Å²) < 4.78 is 0. The number of hydrogen-bond acceptors (Lipinski definition) is 3. The molecule has 0 aliphatic carbocycles. The molecule has 0 spiro atoms. The van der Waals surface area contributed by atoms with Crippen LogP contribution in [0.4, 0.5) is 4.79 Å². The highest BCUT2D eigenvalue weighted by Crippen LogP contribution is 1.87. The summed E-state index contributed by atoms with van der Waals surface area (Å²) in [5, 5.41) is 3.01. The zero-order valence-corrected chi connectivity index (χ0v) is 5.65. The van der Waals surface area contributed by atoms with Gasteiger partial charge >= 0.3 is 6.03 Å². The Kier molecular flexibility index (Phi) is 3.86. The average Bonchev–Trinajstić information content (AvgIpc) is 1.89. The molecule has 2 N–H and O–H groups in total. The van der Waals surface area contributed by atoms with Crippen molar-refractivity contribution >= 4 is 6.03 Å². The second-order valence-corrected chi connectivity index (χ2v) is 1.57. The average molecular weight is 143 g/mol. The topological polar surface area (TPSA) is 75.8 Å². The molecule has 10 heavy (non-hydrogen) atoms. The lowest BCUT2D eigenvalue weighted by Gasteiger charge is -2.04. The summed E-state index contributed by atoms with van der Waals surface area (Å²) in [7, 11) is 0. The number of carbonyl (C=O) groups excluding carboxylic acids is 1. The van der Waals surface area contributed by atoms with E-state index in [1.807, 2.05) is 0 Å². The molecule has 0 aliphatic heterocycles. The van der Waals surface area contributed by atoms with Gasteiger partial charge in [0.15, 0.2) is 0 Å². The number of hydrogen-bond donors (Lipinski definition) is 1. The van der Waals surface area contributed by atoms with Gasteiger partial charge in [0.25, 0.3) is 0 Å². The third kappa shape index (κ3) is 2.81. The van der Waals surface area contributed by atoms with Gasteiger partial charge in [0.2, 0.25) is 0 Å². The first-order chi connectivity index (χ1) is 4.72. The molecule has 5 heteroatoms. The van der Waals surface area contributed by atoms with E-state index in [0.717, 1.165) is 0 Å². The van der Waals surface area contributed by atoms with Crippen molar-refractivity contribution in [2.75, 3.05) is 6.54 Å². The van der Waals surface area contributed by atoms with Gasteiger partial charge in [0, 0.05) is 0 Å². The van der Waals surface area contributed by atoms with Gasteiger partial charge < -0.3 is 5.73 Å². The van der Waals surface area contributed by atoms with E-state index in [2.05, 4.69) is 5.29 Å². The Bertz CT molecular complexity index is 155. The minimum atomic E-state index is -0.840. The maximum atomic E-state index is 10.3. The maximum Gasteiger partial charge on any atom is 0.338 e. The van der Waals surface area contributed by atoms with E-state index in [4.69, 9.17) is 5.73 Å². The molecule has 0 aromatic heterocycles. The number of urea groups is 1. The zero-order chi connectivity index (χ0) is 7.98.